The molecule has 0 saturated heterocycles. The molecule has 0 aliphatic heterocycles. The molecule has 90 valence electrons. The molecular weight excluding hydrogens is 206 g/mol. The highest BCUT2D eigenvalue weighted by molar-refractivity contribution is 5.88. The number of hydrogen-bond acceptors (Lipinski definition) is 3. The average molecular weight is 225 g/mol. The molecule has 0 aromatic carbocycles. The smallest absolute Gasteiger partial charge is 0.339 e. The van der Waals surface area contributed by atoms with Crippen molar-refractivity contribution in [2.75, 3.05) is 13.1 Å². The number of carboxylic acids is 1. The molecule has 1 heterocycles. The Morgan fingerprint density at radius 2 is 2.25 bits per heavy atom. The highest BCUT2D eigenvalue weighted by atomic mass is 16.4. The van der Waals surface area contributed by atoms with Crippen LogP contribution in [0.3, 0.4) is 0 Å². The van der Waals surface area contributed by atoms with E-state index < -0.39 is 5.97 Å². The van der Waals surface area contributed by atoms with E-state index in [2.05, 4.69) is 23.8 Å². The standard InChI is InChI=1S/C11H19N3O2/c1-4-6-14(5-2)8-10-9(11(15)16)7-12-13(10)3/h7H,4-6,8H2,1-3H3,(H,15,16). The van der Waals surface area contributed by atoms with Crippen LogP contribution in [0.1, 0.15) is 36.3 Å². The molecule has 0 spiro atoms. The minimum Gasteiger partial charge on any atom is -0.478 e. The zero-order valence-electron chi connectivity index (χ0n) is 10.1. The van der Waals surface area contributed by atoms with E-state index in [9.17, 15) is 4.79 Å². The van der Waals surface area contributed by atoms with E-state index in [0.29, 0.717) is 12.1 Å². The Morgan fingerprint density at radius 1 is 1.56 bits per heavy atom. The highest BCUT2D eigenvalue weighted by Crippen LogP contribution is 2.11. The third-order valence-electron chi connectivity index (χ3n) is 2.65. The summed E-state index contributed by atoms with van der Waals surface area (Å²) in [5, 5.41) is 13.0. The lowest BCUT2D eigenvalue weighted by molar-refractivity contribution is 0.0694. The van der Waals surface area contributed by atoms with Gasteiger partial charge in [-0.25, -0.2) is 4.79 Å². The van der Waals surface area contributed by atoms with E-state index in [4.69, 9.17) is 5.11 Å². The van der Waals surface area contributed by atoms with E-state index in [0.717, 1.165) is 25.2 Å². The first-order chi connectivity index (χ1) is 7.60. The summed E-state index contributed by atoms with van der Waals surface area (Å²) in [6.45, 7) is 6.72. The zero-order chi connectivity index (χ0) is 12.1. The number of aromatic carboxylic acids is 1. The minimum absolute atomic E-state index is 0.303. The topological polar surface area (TPSA) is 58.4 Å². The van der Waals surface area contributed by atoms with Crippen molar-refractivity contribution in [3.05, 3.63) is 17.5 Å². The van der Waals surface area contributed by atoms with Crippen LogP contribution in [0.2, 0.25) is 0 Å². The number of carbonyl (C=O) groups is 1. The van der Waals surface area contributed by atoms with Gasteiger partial charge in [0, 0.05) is 13.6 Å². The first-order valence-corrected chi connectivity index (χ1v) is 5.56. The normalized spacial score (nSPS) is 11.0. The van der Waals surface area contributed by atoms with Gasteiger partial charge in [0.05, 0.1) is 11.9 Å². The highest BCUT2D eigenvalue weighted by Gasteiger charge is 2.16. The number of aryl methyl sites for hydroxylation is 1. The number of rotatable bonds is 6. The van der Waals surface area contributed by atoms with Crippen LogP contribution in [0.4, 0.5) is 0 Å². The molecule has 0 bridgehead atoms. The van der Waals surface area contributed by atoms with Crippen molar-refractivity contribution in [2.45, 2.75) is 26.8 Å². The maximum atomic E-state index is 11.0. The van der Waals surface area contributed by atoms with Crippen molar-refractivity contribution in [2.24, 2.45) is 7.05 Å². The van der Waals surface area contributed by atoms with Crippen LogP contribution in [-0.2, 0) is 13.6 Å². The van der Waals surface area contributed by atoms with E-state index in [1.54, 1.807) is 11.7 Å². The summed E-state index contributed by atoms with van der Waals surface area (Å²) in [5.74, 6) is -0.907. The molecule has 1 aromatic rings. The van der Waals surface area contributed by atoms with Crippen molar-refractivity contribution in [3.8, 4) is 0 Å². The fraction of sp³-hybridized carbons (Fsp3) is 0.636. The molecule has 1 rings (SSSR count). The van der Waals surface area contributed by atoms with Crippen molar-refractivity contribution in [3.63, 3.8) is 0 Å². The predicted octanol–water partition coefficient (Wildman–Crippen LogP) is 1.35. The molecular formula is C11H19N3O2. The Hall–Kier alpha value is -1.36. The van der Waals surface area contributed by atoms with Crippen LogP contribution in [-0.4, -0.2) is 38.8 Å². The van der Waals surface area contributed by atoms with Crippen molar-refractivity contribution >= 4 is 5.97 Å². The first-order valence-electron chi connectivity index (χ1n) is 5.56. The van der Waals surface area contributed by atoms with Crippen LogP contribution in [0.25, 0.3) is 0 Å². The summed E-state index contributed by atoms with van der Waals surface area (Å²) in [6, 6.07) is 0. The Labute approximate surface area is 95.7 Å². The number of carboxylic acid groups (broad SMARTS) is 1. The van der Waals surface area contributed by atoms with Gasteiger partial charge < -0.3 is 5.11 Å². The minimum atomic E-state index is -0.907. The monoisotopic (exact) mass is 225 g/mol. The van der Waals surface area contributed by atoms with Gasteiger partial charge in [-0.05, 0) is 19.5 Å². The van der Waals surface area contributed by atoms with Gasteiger partial charge in [0.1, 0.15) is 5.56 Å². The lowest BCUT2D eigenvalue weighted by Gasteiger charge is -2.19. The molecule has 0 atom stereocenters. The number of hydrogen-bond donors (Lipinski definition) is 1. The molecule has 0 aliphatic rings. The summed E-state index contributed by atoms with van der Waals surface area (Å²) in [4.78, 5) is 13.2. The average Bonchev–Trinajstić information content (AvgIpc) is 2.60. The Kier molecular flexibility index (Phi) is 4.49. The van der Waals surface area contributed by atoms with Gasteiger partial charge in [-0.1, -0.05) is 13.8 Å². The summed E-state index contributed by atoms with van der Waals surface area (Å²) in [6.07, 6.45) is 2.48. The van der Waals surface area contributed by atoms with Crippen LogP contribution in [0, 0.1) is 0 Å². The third kappa shape index (κ3) is 2.82. The van der Waals surface area contributed by atoms with Crippen LogP contribution < -0.4 is 0 Å². The largest absolute Gasteiger partial charge is 0.478 e. The van der Waals surface area contributed by atoms with Gasteiger partial charge in [0.15, 0.2) is 0 Å². The second-order valence-corrected chi connectivity index (χ2v) is 3.80. The van der Waals surface area contributed by atoms with Crippen LogP contribution in [0.15, 0.2) is 6.20 Å². The van der Waals surface area contributed by atoms with Crippen molar-refractivity contribution in [1.29, 1.82) is 0 Å². The van der Waals surface area contributed by atoms with E-state index in [1.165, 1.54) is 6.20 Å². The summed E-state index contributed by atoms with van der Waals surface area (Å²) < 4.78 is 1.64. The molecule has 5 heteroatoms. The molecule has 0 amide bonds. The van der Waals surface area contributed by atoms with Gasteiger partial charge in [-0.2, -0.15) is 5.10 Å². The second-order valence-electron chi connectivity index (χ2n) is 3.80. The fourth-order valence-electron chi connectivity index (χ4n) is 1.71. The van der Waals surface area contributed by atoms with Gasteiger partial charge in [0.25, 0.3) is 0 Å². The van der Waals surface area contributed by atoms with Crippen LogP contribution in [0.5, 0.6) is 0 Å². The molecule has 1 N–H and O–H groups in total. The maximum Gasteiger partial charge on any atom is 0.339 e. The molecule has 0 radical (unpaired) electrons. The summed E-state index contributed by atoms with van der Waals surface area (Å²) in [5.41, 5.74) is 1.07. The molecule has 0 unspecified atom stereocenters. The number of nitrogens with zero attached hydrogens (tertiary/aromatic N) is 3. The predicted molar refractivity (Wildman–Crippen MR) is 61.4 cm³/mol. The molecule has 5 nitrogen and oxygen atoms in total. The summed E-state index contributed by atoms with van der Waals surface area (Å²) in [7, 11) is 1.78. The van der Waals surface area contributed by atoms with E-state index >= 15 is 0 Å². The zero-order valence-corrected chi connectivity index (χ0v) is 10.1. The van der Waals surface area contributed by atoms with Crippen molar-refractivity contribution in [1.82, 2.24) is 14.7 Å². The third-order valence-corrected chi connectivity index (χ3v) is 2.65. The molecule has 0 aliphatic carbocycles. The lowest BCUT2D eigenvalue weighted by Crippen LogP contribution is -2.26. The van der Waals surface area contributed by atoms with Gasteiger partial charge in [-0.15, -0.1) is 0 Å². The first kappa shape index (κ1) is 12.7. The maximum absolute atomic E-state index is 11.0. The van der Waals surface area contributed by atoms with E-state index in [1.807, 2.05) is 0 Å². The van der Waals surface area contributed by atoms with Crippen LogP contribution >= 0.6 is 0 Å². The lowest BCUT2D eigenvalue weighted by atomic mass is 10.2. The fourth-order valence-corrected chi connectivity index (χ4v) is 1.71. The van der Waals surface area contributed by atoms with Gasteiger partial charge in [-0.3, -0.25) is 9.58 Å². The second kappa shape index (κ2) is 5.65. The quantitative estimate of drug-likeness (QED) is 0.794. The molecule has 0 fully saturated rings. The molecule has 16 heavy (non-hydrogen) atoms. The van der Waals surface area contributed by atoms with Crippen molar-refractivity contribution < 1.29 is 9.90 Å². The van der Waals surface area contributed by atoms with E-state index in [-0.39, 0.29) is 0 Å². The molecule has 1 aromatic heterocycles. The Morgan fingerprint density at radius 3 is 2.75 bits per heavy atom. The number of aromatic nitrogens is 2. The van der Waals surface area contributed by atoms with Gasteiger partial charge >= 0.3 is 5.97 Å². The SMILES string of the molecule is CCCN(CC)Cc1c(C(=O)O)cnn1C. The Balaban J connectivity index is 2.85. The molecule has 0 saturated carbocycles. The summed E-state index contributed by atoms with van der Waals surface area (Å²) >= 11 is 0. The van der Waals surface area contributed by atoms with Gasteiger partial charge in [0.2, 0.25) is 0 Å². The Bertz CT molecular complexity index is 360.